The minimum absolute atomic E-state index is 0.0146. The lowest BCUT2D eigenvalue weighted by Crippen LogP contribution is -2.29. The number of hydrogen-bond acceptors (Lipinski definition) is 7. The van der Waals surface area contributed by atoms with Crippen LogP contribution < -0.4 is 5.01 Å². The van der Waals surface area contributed by atoms with E-state index in [4.69, 9.17) is 0 Å². The predicted molar refractivity (Wildman–Crippen MR) is 115 cm³/mol. The first-order chi connectivity index (χ1) is 14.4. The van der Waals surface area contributed by atoms with Crippen molar-refractivity contribution in [2.75, 3.05) is 5.01 Å². The number of aromatic nitrogens is 1. The molecule has 0 saturated carbocycles. The van der Waals surface area contributed by atoms with E-state index >= 15 is 0 Å². The van der Waals surface area contributed by atoms with E-state index in [1.54, 1.807) is 19.1 Å². The van der Waals surface area contributed by atoms with Gasteiger partial charge in [-0.05, 0) is 26.0 Å². The largest absolute Gasteiger partial charge is 0.478 e. The molecular formula is C21H17N5O3S. The number of anilines is 1. The molecule has 4 rings (SSSR count). The zero-order chi connectivity index (χ0) is 21.3. The molecule has 0 unspecified atom stereocenters. The molecule has 1 atom stereocenters. The molecule has 2 heterocycles. The molecule has 3 aromatic rings. The summed E-state index contributed by atoms with van der Waals surface area (Å²) in [4.78, 5) is 28.7. The van der Waals surface area contributed by atoms with Gasteiger partial charge in [-0.1, -0.05) is 42.0 Å². The lowest BCUT2D eigenvalue weighted by Gasteiger charge is -2.08. The number of aryl methyl sites for hydroxylation is 1. The molecule has 0 bridgehead atoms. The Balaban J connectivity index is 1.56. The number of benzene rings is 2. The van der Waals surface area contributed by atoms with Crippen LogP contribution in [0.5, 0.6) is 0 Å². The summed E-state index contributed by atoms with van der Waals surface area (Å²) in [5, 5.41) is 25.2. The number of aromatic carboxylic acids is 1. The van der Waals surface area contributed by atoms with E-state index < -0.39 is 12.0 Å². The van der Waals surface area contributed by atoms with E-state index in [0.717, 1.165) is 16.8 Å². The molecule has 30 heavy (non-hydrogen) atoms. The number of hydrazone groups is 1. The van der Waals surface area contributed by atoms with Crippen molar-refractivity contribution in [2.24, 2.45) is 15.3 Å². The summed E-state index contributed by atoms with van der Waals surface area (Å²) in [6.45, 7) is 3.69. The van der Waals surface area contributed by atoms with Crippen LogP contribution in [0.2, 0.25) is 0 Å². The first kappa shape index (κ1) is 19.6. The van der Waals surface area contributed by atoms with E-state index in [1.807, 2.05) is 36.6 Å². The monoisotopic (exact) mass is 419 g/mol. The molecule has 8 nitrogen and oxygen atoms in total. The van der Waals surface area contributed by atoms with Gasteiger partial charge in [0.1, 0.15) is 0 Å². The topological polar surface area (TPSA) is 108 Å². The van der Waals surface area contributed by atoms with Crippen LogP contribution in [0.3, 0.4) is 0 Å². The van der Waals surface area contributed by atoms with Crippen LogP contribution in [0.25, 0.3) is 11.3 Å². The SMILES string of the molecule is CC1=NN(c2nc(-c3ccc(C)cc3)cs2)C(=O)[C@H]1N=Nc1ccccc1C(=O)O. The van der Waals surface area contributed by atoms with Crippen LogP contribution in [0.1, 0.15) is 22.8 Å². The summed E-state index contributed by atoms with van der Waals surface area (Å²) in [6.07, 6.45) is 0. The molecule has 0 radical (unpaired) electrons. The summed E-state index contributed by atoms with van der Waals surface area (Å²) in [7, 11) is 0. The minimum atomic E-state index is -1.11. The number of rotatable bonds is 5. The average molecular weight is 419 g/mol. The Morgan fingerprint density at radius 2 is 1.87 bits per heavy atom. The van der Waals surface area contributed by atoms with Gasteiger partial charge in [0, 0.05) is 10.9 Å². The molecule has 2 aromatic carbocycles. The minimum Gasteiger partial charge on any atom is -0.478 e. The smallest absolute Gasteiger partial charge is 0.337 e. The van der Waals surface area contributed by atoms with E-state index in [9.17, 15) is 14.7 Å². The van der Waals surface area contributed by atoms with Crippen molar-refractivity contribution in [1.29, 1.82) is 0 Å². The number of carboxylic acid groups (broad SMARTS) is 1. The first-order valence-corrected chi connectivity index (χ1v) is 9.97. The third-order valence-corrected chi connectivity index (χ3v) is 5.35. The first-order valence-electron chi connectivity index (χ1n) is 9.09. The van der Waals surface area contributed by atoms with Crippen molar-refractivity contribution < 1.29 is 14.7 Å². The molecule has 0 fully saturated rings. The van der Waals surface area contributed by atoms with Crippen molar-refractivity contribution in [3.8, 4) is 11.3 Å². The van der Waals surface area contributed by atoms with Gasteiger partial charge in [0.05, 0.1) is 22.7 Å². The molecule has 1 amide bonds. The fourth-order valence-electron chi connectivity index (χ4n) is 2.91. The third-order valence-electron chi connectivity index (χ3n) is 4.53. The van der Waals surface area contributed by atoms with Crippen molar-refractivity contribution in [1.82, 2.24) is 4.98 Å². The summed E-state index contributed by atoms with van der Waals surface area (Å²) < 4.78 is 0. The lowest BCUT2D eigenvalue weighted by molar-refractivity contribution is -0.117. The molecule has 1 aromatic heterocycles. The molecule has 150 valence electrons. The summed E-state index contributed by atoms with van der Waals surface area (Å²) in [5.41, 5.74) is 3.53. The molecule has 9 heteroatoms. The summed E-state index contributed by atoms with van der Waals surface area (Å²) in [6, 6.07) is 13.3. The fraction of sp³-hybridized carbons (Fsp3) is 0.143. The maximum atomic E-state index is 12.9. The van der Waals surface area contributed by atoms with Gasteiger partial charge in [0.15, 0.2) is 6.04 Å². The second-order valence-corrected chi connectivity index (χ2v) is 7.55. The summed E-state index contributed by atoms with van der Waals surface area (Å²) >= 11 is 1.31. The Bertz CT molecular complexity index is 1180. The van der Waals surface area contributed by atoms with Gasteiger partial charge in [-0.15, -0.1) is 11.3 Å². The molecule has 0 spiro atoms. The standard InChI is InChI=1S/C21H17N5O3S/c1-12-7-9-14(10-8-12)17-11-30-21(22-17)26-19(27)18(13(2)25-26)24-23-16-6-4-3-5-15(16)20(28)29/h3-11,18H,1-2H3,(H,28,29)/t18-/m0/s1. The molecule has 0 saturated heterocycles. The lowest BCUT2D eigenvalue weighted by atomic mass is 10.1. The van der Waals surface area contributed by atoms with Crippen LogP contribution in [0, 0.1) is 6.92 Å². The van der Waals surface area contributed by atoms with Crippen molar-refractivity contribution in [3.63, 3.8) is 0 Å². The highest BCUT2D eigenvalue weighted by atomic mass is 32.1. The number of carbonyl (C=O) groups is 2. The Labute approximate surface area is 176 Å². The number of carboxylic acids is 1. The fourth-order valence-corrected chi connectivity index (χ4v) is 3.69. The quantitative estimate of drug-likeness (QED) is 0.605. The molecule has 1 aliphatic rings. The highest BCUT2D eigenvalue weighted by Gasteiger charge is 2.36. The number of azo groups is 1. The second-order valence-electron chi connectivity index (χ2n) is 6.71. The van der Waals surface area contributed by atoms with Gasteiger partial charge in [-0.25, -0.2) is 9.78 Å². The van der Waals surface area contributed by atoms with Gasteiger partial charge < -0.3 is 5.11 Å². The second kappa shape index (κ2) is 7.96. The Kier molecular flexibility index (Phi) is 5.20. The van der Waals surface area contributed by atoms with E-state index in [0.29, 0.717) is 10.8 Å². The van der Waals surface area contributed by atoms with Gasteiger partial charge in [0.25, 0.3) is 5.91 Å². The van der Waals surface area contributed by atoms with Gasteiger partial charge in [-0.3, -0.25) is 4.79 Å². The van der Waals surface area contributed by atoms with E-state index in [-0.39, 0.29) is 17.2 Å². The number of hydrogen-bond donors (Lipinski definition) is 1. The van der Waals surface area contributed by atoms with Gasteiger partial charge in [0.2, 0.25) is 5.13 Å². The Hall–Kier alpha value is -3.72. The number of thiazole rings is 1. The number of amides is 1. The number of carbonyl (C=O) groups excluding carboxylic acids is 1. The van der Waals surface area contributed by atoms with Crippen LogP contribution in [0.15, 0.2) is 69.2 Å². The van der Waals surface area contributed by atoms with Gasteiger partial charge >= 0.3 is 5.97 Å². The molecule has 1 N–H and O–H groups in total. The van der Waals surface area contributed by atoms with Crippen LogP contribution >= 0.6 is 11.3 Å². The van der Waals surface area contributed by atoms with Crippen LogP contribution in [0.4, 0.5) is 10.8 Å². The highest BCUT2D eigenvalue weighted by molar-refractivity contribution is 7.14. The Morgan fingerprint density at radius 1 is 1.13 bits per heavy atom. The van der Waals surface area contributed by atoms with Crippen molar-refractivity contribution in [2.45, 2.75) is 19.9 Å². The molecule has 1 aliphatic heterocycles. The van der Waals surface area contributed by atoms with Crippen molar-refractivity contribution in [3.05, 3.63) is 65.0 Å². The van der Waals surface area contributed by atoms with E-state index in [2.05, 4.69) is 20.3 Å². The summed E-state index contributed by atoms with van der Waals surface area (Å²) in [5.74, 6) is -1.49. The zero-order valence-electron chi connectivity index (χ0n) is 16.2. The maximum absolute atomic E-state index is 12.9. The maximum Gasteiger partial charge on any atom is 0.337 e. The molecular weight excluding hydrogens is 402 g/mol. The number of nitrogens with zero attached hydrogens (tertiary/aromatic N) is 5. The average Bonchev–Trinajstić information content (AvgIpc) is 3.32. The van der Waals surface area contributed by atoms with Crippen LogP contribution in [-0.4, -0.2) is 33.7 Å². The molecule has 0 aliphatic carbocycles. The highest BCUT2D eigenvalue weighted by Crippen LogP contribution is 2.31. The van der Waals surface area contributed by atoms with Crippen molar-refractivity contribution >= 4 is 39.7 Å². The third kappa shape index (κ3) is 3.74. The zero-order valence-corrected chi connectivity index (χ0v) is 17.0. The van der Waals surface area contributed by atoms with Crippen LogP contribution in [-0.2, 0) is 4.79 Å². The predicted octanol–water partition coefficient (Wildman–Crippen LogP) is 4.69. The normalized spacial score (nSPS) is 16.3. The Morgan fingerprint density at radius 3 is 2.60 bits per heavy atom. The van der Waals surface area contributed by atoms with E-state index in [1.165, 1.54) is 28.5 Å². The van der Waals surface area contributed by atoms with Gasteiger partial charge in [-0.2, -0.15) is 20.3 Å².